The zero-order valence-electron chi connectivity index (χ0n) is 25.1. The first kappa shape index (κ1) is 29.9. The molecule has 2 aromatic carbocycles. The van der Waals surface area contributed by atoms with E-state index in [-0.39, 0.29) is 23.3 Å². The van der Waals surface area contributed by atoms with Crippen LogP contribution in [0, 0.1) is 11.3 Å². The summed E-state index contributed by atoms with van der Waals surface area (Å²) < 4.78 is 5.87. The standard InChI is InChI=1S/C33H37ClN6O4/c1-33(2,3)29-20(18-40(29)32(42)43)17-39-13-11-21(12-14-39)38-31-27-25(16-35-30(27)36-19-37-31)28(41)24-10-9-23(15-26(24)34)44-22-7-5-4-6-8-22/h4-10,15-16,19-21,29H,11-14,17-18H2,1-3H3,(H,42,43)(H2,35,36,37,38). The van der Waals surface area contributed by atoms with E-state index in [2.05, 4.69) is 45.9 Å². The lowest BCUT2D eigenvalue weighted by Gasteiger charge is -2.54. The number of hydrogen-bond donors (Lipinski definition) is 3. The monoisotopic (exact) mass is 616 g/mol. The molecule has 0 spiro atoms. The Kier molecular flexibility index (Phi) is 8.22. The number of rotatable bonds is 8. The van der Waals surface area contributed by atoms with Crippen LogP contribution in [0.15, 0.2) is 61.1 Å². The molecule has 3 N–H and O–H groups in total. The van der Waals surface area contributed by atoms with Crippen LogP contribution < -0.4 is 10.1 Å². The third-order valence-electron chi connectivity index (χ3n) is 8.65. The Morgan fingerprint density at radius 3 is 2.50 bits per heavy atom. The van der Waals surface area contributed by atoms with Gasteiger partial charge in [-0.3, -0.25) is 4.79 Å². The number of ether oxygens (including phenoxy) is 1. The van der Waals surface area contributed by atoms with Gasteiger partial charge in [0.25, 0.3) is 0 Å². The number of carbonyl (C=O) groups excluding carboxylic acids is 1. The molecule has 2 atom stereocenters. The molecule has 6 rings (SSSR count). The summed E-state index contributed by atoms with van der Waals surface area (Å²) in [5, 5.41) is 14.1. The summed E-state index contributed by atoms with van der Waals surface area (Å²) in [6, 6.07) is 14.6. The van der Waals surface area contributed by atoms with Crippen molar-refractivity contribution >= 4 is 40.3 Å². The topological polar surface area (TPSA) is 124 Å². The largest absolute Gasteiger partial charge is 0.465 e. The van der Waals surface area contributed by atoms with Gasteiger partial charge in [-0.2, -0.15) is 0 Å². The van der Waals surface area contributed by atoms with Gasteiger partial charge in [-0.1, -0.05) is 50.6 Å². The fourth-order valence-corrected chi connectivity index (χ4v) is 6.92. The number of para-hydroxylation sites is 1. The van der Waals surface area contributed by atoms with Crippen LogP contribution in [-0.2, 0) is 0 Å². The molecule has 2 aliphatic rings. The number of carboxylic acid groups (broad SMARTS) is 1. The molecule has 0 aliphatic carbocycles. The Morgan fingerprint density at radius 2 is 1.82 bits per heavy atom. The van der Waals surface area contributed by atoms with E-state index >= 15 is 0 Å². The maximum atomic E-state index is 13.7. The van der Waals surface area contributed by atoms with Gasteiger partial charge in [0.05, 0.1) is 16.0 Å². The van der Waals surface area contributed by atoms with Crippen molar-refractivity contribution in [2.45, 2.75) is 45.7 Å². The van der Waals surface area contributed by atoms with Crippen molar-refractivity contribution in [1.82, 2.24) is 24.8 Å². The maximum Gasteiger partial charge on any atom is 0.407 e. The Bertz CT molecular complexity index is 1660. The molecule has 1 amide bonds. The molecule has 2 aromatic heterocycles. The zero-order chi connectivity index (χ0) is 31.0. The molecule has 4 heterocycles. The van der Waals surface area contributed by atoms with Gasteiger partial charge in [-0.05, 0) is 42.5 Å². The molecule has 0 saturated carbocycles. The summed E-state index contributed by atoms with van der Waals surface area (Å²) in [4.78, 5) is 41.4. The molecule has 44 heavy (non-hydrogen) atoms. The van der Waals surface area contributed by atoms with E-state index in [9.17, 15) is 14.7 Å². The SMILES string of the molecule is CC(C)(C)C1C(CN2CCC(Nc3ncnc4[nH]cc(C(=O)c5ccc(Oc6ccccc6)cc5Cl)c34)CC2)CN1C(=O)O. The van der Waals surface area contributed by atoms with E-state index < -0.39 is 6.09 Å². The third-order valence-corrected chi connectivity index (χ3v) is 8.96. The number of benzene rings is 2. The van der Waals surface area contributed by atoms with Crippen LogP contribution in [0.25, 0.3) is 11.0 Å². The number of hydrogen-bond acceptors (Lipinski definition) is 7. The van der Waals surface area contributed by atoms with E-state index in [1.807, 2.05) is 30.3 Å². The van der Waals surface area contributed by atoms with E-state index in [1.165, 1.54) is 6.33 Å². The molecule has 0 radical (unpaired) electrons. The van der Waals surface area contributed by atoms with E-state index in [1.54, 1.807) is 29.3 Å². The summed E-state index contributed by atoms with van der Waals surface area (Å²) in [7, 11) is 0. The summed E-state index contributed by atoms with van der Waals surface area (Å²) in [5.41, 5.74) is 1.28. The molecule has 230 valence electrons. The van der Waals surface area contributed by atoms with Crippen molar-refractivity contribution in [2.24, 2.45) is 11.3 Å². The third kappa shape index (κ3) is 6.09. The number of aromatic nitrogens is 3. The zero-order valence-corrected chi connectivity index (χ0v) is 25.8. The highest BCUT2D eigenvalue weighted by atomic mass is 35.5. The van der Waals surface area contributed by atoms with E-state index in [0.29, 0.717) is 57.0 Å². The minimum atomic E-state index is -0.834. The first-order chi connectivity index (χ1) is 21.1. The molecular weight excluding hydrogens is 580 g/mol. The van der Waals surface area contributed by atoms with Crippen molar-refractivity contribution in [3.8, 4) is 11.5 Å². The van der Waals surface area contributed by atoms with Gasteiger partial charge in [0, 0.05) is 62.0 Å². The number of fused-ring (bicyclic) bond motifs is 1. The smallest absolute Gasteiger partial charge is 0.407 e. The highest BCUT2D eigenvalue weighted by molar-refractivity contribution is 6.35. The van der Waals surface area contributed by atoms with Crippen molar-refractivity contribution in [1.29, 1.82) is 0 Å². The number of halogens is 1. The van der Waals surface area contributed by atoms with Gasteiger partial charge < -0.3 is 29.9 Å². The molecule has 11 heteroatoms. The van der Waals surface area contributed by atoms with Crippen LogP contribution in [0.3, 0.4) is 0 Å². The quantitative estimate of drug-likeness (QED) is 0.191. The molecule has 2 saturated heterocycles. The second-order valence-electron chi connectivity index (χ2n) is 12.8. The van der Waals surface area contributed by atoms with Crippen molar-refractivity contribution in [2.75, 3.05) is 31.5 Å². The number of aromatic amines is 1. The van der Waals surface area contributed by atoms with E-state index in [0.717, 1.165) is 32.5 Å². The fourth-order valence-electron chi connectivity index (χ4n) is 6.66. The normalized spacial score (nSPS) is 19.5. The van der Waals surface area contributed by atoms with Crippen LogP contribution >= 0.6 is 11.6 Å². The number of likely N-dealkylation sites (tertiary alicyclic amines) is 2. The summed E-state index contributed by atoms with van der Waals surface area (Å²) in [6.45, 7) is 9.62. The van der Waals surface area contributed by atoms with Crippen LogP contribution in [0.1, 0.15) is 49.5 Å². The number of H-pyrrole nitrogens is 1. The minimum Gasteiger partial charge on any atom is -0.465 e. The highest BCUT2D eigenvalue weighted by Gasteiger charge is 2.48. The van der Waals surface area contributed by atoms with Gasteiger partial charge in [0.1, 0.15) is 29.3 Å². The van der Waals surface area contributed by atoms with Crippen LogP contribution in [-0.4, -0.2) is 80.0 Å². The van der Waals surface area contributed by atoms with Crippen LogP contribution in [0.2, 0.25) is 5.02 Å². The minimum absolute atomic E-state index is 0.0239. The molecule has 2 unspecified atom stereocenters. The Balaban J connectivity index is 1.12. The fraction of sp³-hybridized carbons (Fsp3) is 0.394. The Morgan fingerprint density at radius 1 is 1.07 bits per heavy atom. The second-order valence-corrected chi connectivity index (χ2v) is 13.2. The predicted octanol–water partition coefficient (Wildman–Crippen LogP) is 6.54. The van der Waals surface area contributed by atoms with Gasteiger partial charge in [0.2, 0.25) is 0 Å². The lowest BCUT2D eigenvalue weighted by Crippen LogP contribution is -2.66. The first-order valence-electron chi connectivity index (χ1n) is 15.0. The van der Waals surface area contributed by atoms with Crippen molar-refractivity contribution in [3.63, 3.8) is 0 Å². The lowest BCUT2D eigenvalue weighted by atomic mass is 9.72. The van der Waals surface area contributed by atoms with Crippen LogP contribution in [0.4, 0.5) is 10.6 Å². The van der Waals surface area contributed by atoms with Gasteiger partial charge in [0.15, 0.2) is 5.78 Å². The average molecular weight is 617 g/mol. The Labute approximate surface area is 261 Å². The molecule has 4 aromatic rings. The molecule has 2 fully saturated rings. The van der Waals surface area contributed by atoms with Crippen LogP contribution in [0.5, 0.6) is 11.5 Å². The number of carbonyl (C=O) groups is 2. The number of nitrogens with zero attached hydrogens (tertiary/aromatic N) is 4. The second kappa shape index (κ2) is 12.1. The number of anilines is 1. The lowest BCUT2D eigenvalue weighted by molar-refractivity contribution is -0.0491. The highest BCUT2D eigenvalue weighted by Crippen LogP contribution is 2.39. The van der Waals surface area contributed by atoms with Gasteiger partial charge in [-0.15, -0.1) is 0 Å². The van der Waals surface area contributed by atoms with Crippen molar-refractivity contribution in [3.05, 3.63) is 77.2 Å². The maximum absolute atomic E-state index is 13.7. The van der Waals surface area contributed by atoms with Gasteiger partial charge in [-0.25, -0.2) is 14.8 Å². The summed E-state index contributed by atoms with van der Waals surface area (Å²) >= 11 is 6.58. The average Bonchev–Trinajstić information content (AvgIpc) is 3.40. The predicted molar refractivity (Wildman–Crippen MR) is 170 cm³/mol. The first-order valence-corrected chi connectivity index (χ1v) is 15.3. The molecule has 0 bridgehead atoms. The van der Waals surface area contributed by atoms with Gasteiger partial charge >= 0.3 is 6.09 Å². The number of amides is 1. The molecule has 2 aliphatic heterocycles. The molecule has 10 nitrogen and oxygen atoms in total. The Hall–Kier alpha value is -4.15. The summed E-state index contributed by atoms with van der Waals surface area (Å²) in [6.07, 6.45) is 4.13. The summed E-state index contributed by atoms with van der Waals surface area (Å²) in [5.74, 6) is 1.93. The molecular formula is C33H37ClN6O4. The van der Waals surface area contributed by atoms with Crippen molar-refractivity contribution < 1.29 is 19.4 Å². The van der Waals surface area contributed by atoms with E-state index in [4.69, 9.17) is 16.3 Å². The number of piperidine rings is 1. The number of nitrogens with one attached hydrogen (secondary N) is 2. The number of ketones is 1.